The molecule has 1 heterocycles. The van der Waals surface area contributed by atoms with E-state index >= 15 is 0 Å². The molecule has 0 radical (unpaired) electrons. The molecule has 0 saturated carbocycles. The molecule has 0 aliphatic carbocycles. The third-order valence-corrected chi connectivity index (χ3v) is 3.02. The van der Waals surface area contributed by atoms with Crippen molar-refractivity contribution < 1.29 is 4.39 Å². The van der Waals surface area contributed by atoms with Gasteiger partial charge in [-0.05, 0) is 30.7 Å². The minimum absolute atomic E-state index is 0.211. The number of hydrogen-bond acceptors (Lipinski definition) is 3. The van der Waals surface area contributed by atoms with E-state index in [-0.39, 0.29) is 11.9 Å². The first-order valence-electron chi connectivity index (χ1n) is 6.24. The van der Waals surface area contributed by atoms with Crippen molar-refractivity contribution in [3.05, 3.63) is 59.7 Å². The van der Waals surface area contributed by atoms with Crippen LogP contribution in [0.5, 0.6) is 0 Å². The van der Waals surface area contributed by atoms with Gasteiger partial charge in [0.25, 0.3) is 0 Å². The second kappa shape index (κ2) is 5.80. The molecule has 3 nitrogen and oxygen atoms in total. The van der Waals surface area contributed by atoms with E-state index in [0.717, 1.165) is 11.3 Å². The van der Waals surface area contributed by atoms with Crippen molar-refractivity contribution in [1.82, 2.24) is 4.98 Å². The quantitative estimate of drug-likeness (QED) is 0.918. The van der Waals surface area contributed by atoms with Crippen LogP contribution >= 0.6 is 0 Å². The molecule has 0 unspecified atom stereocenters. The lowest BCUT2D eigenvalue weighted by molar-refractivity contribution is 0.615. The lowest BCUT2D eigenvalue weighted by Crippen LogP contribution is -2.22. The first-order valence-corrected chi connectivity index (χ1v) is 6.24. The highest BCUT2D eigenvalue weighted by atomic mass is 19.1. The van der Waals surface area contributed by atoms with Crippen molar-refractivity contribution in [2.75, 3.05) is 11.9 Å². The van der Waals surface area contributed by atoms with Gasteiger partial charge in [-0.15, -0.1) is 0 Å². The Labute approximate surface area is 112 Å². The van der Waals surface area contributed by atoms with Crippen LogP contribution in [0.4, 0.5) is 10.1 Å². The predicted molar refractivity (Wildman–Crippen MR) is 75.3 cm³/mol. The van der Waals surface area contributed by atoms with Crippen LogP contribution in [0.2, 0.25) is 0 Å². The van der Waals surface area contributed by atoms with Crippen LogP contribution in [-0.2, 0) is 6.54 Å². The number of hydrogen-bond donors (Lipinski definition) is 1. The van der Waals surface area contributed by atoms with Crippen LogP contribution in [0, 0.1) is 5.82 Å². The molecule has 2 N–H and O–H groups in total. The van der Waals surface area contributed by atoms with Crippen LogP contribution in [0.1, 0.15) is 24.2 Å². The molecule has 0 amide bonds. The van der Waals surface area contributed by atoms with Crippen LogP contribution in [0.3, 0.4) is 0 Å². The molecule has 0 bridgehead atoms. The van der Waals surface area contributed by atoms with Gasteiger partial charge in [0.05, 0.1) is 17.9 Å². The molecular weight excluding hydrogens is 241 g/mol. The van der Waals surface area contributed by atoms with Gasteiger partial charge in [-0.25, -0.2) is 4.39 Å². The van der Waals surface area contributed by atoms with E-state index in [9.17, 15) is 4.39 Å². The Kier molecular flexibility index (Phi) is 4.12. The Morgan fingerprint density at radius 3 is 2.68 bits per heavy atom. The molecule has 1 aromatic heterocycles. The molecule has 2 rings (SSSR count). The van der Waals surface area contributed by atoms with Gasteiger partial charge >= 0.3 is 0 Å². The molecule has 1 aromatic carbocycles. The van der Waals surface area contributed by atoms with Crippen molar-refractivity contribution in [2.24, 2.45) is 5.73 Å². The maximum absolute atomic E-state index is 14.0. The summed E-state index contributed by atoms with van der Waals surface area (Å²) in [6.07, 6.45) is 1.73. The molecule has 4 heteroatoms. The lowest BCUT2D eigenvalue weighted by atomic mass is 10.1. The number of para-hydroxylation sites is 1. The Hall–Kier alpha value is -1.94. The summed E-state index contributed by atoms with van der Waals surface area (Å²) >= 11 is 0. The van der Waals surface area contributed by atoms with Gasteiger partial charge in [-0.2, -0.15) is 0 Å². The zero-order valence-corrected chi connectivity index (χ0v) is 11.2. The van der Waals surface area contributed by atoms with Crippen molar-refractivity contribution in [1.29, 1.82) is 0 Å². The predicted octanol–water partition coefficient (Wildman–Crippen LogP) is 2.88. The third kappa shape index (κ3) is 3.09. The summed E-state index contributed by atoms with van der Waals surface area (Å²) in [5.41, 5.74) is 8.15. The molecule has 0 spiro atoms. The van der Waals surface area contributed by atoms with Gasteiger partial charge in [0.1, 0.15) is 5.82 Å². The maximum atomic E-state index is 14.0. The summed E-state index contributed by atoms with van der Waals surface area (Å²) < 4.78 is 14.0. The average molecular weight is 259 g/mol. The summed E-state index contributed by atoms with van der Waals surface area (Å²) in [4.78, 5) is 6.10. The second-order valence-corrected chi connectivity index (χ2v) is 4.64. The molecule has 0 saturated heterocycles. The standard InChI is InChI=1S/C15H18FN3/c1-11(17)13-7-5-8-14(16)15(13)19(2)10-12-6-3-4-9-18-12/h3-9,11H,10,17H2,1-2H3/t11-/m0/s1. The Morgan fingerprint density at radius 2 is 2.05 bits per heavy atom. The number of pyridine rings is 1. The molecule has 2 aromatic rings. The fraction of sp³-hybridized carbons (Fsp3) is 0.267. The first-order chi connectivity index (χ1) is 9.09. The molecule has 19 heavy (non-hydrogen) atoms. The SMILES string of the molecule is C[C@H](N)c1cccc(F)c1N(C)Cc1ccccn1. The third-order valence-electron chi connectivity index (χ3n) is 3.02. The molecule has 100 valence electrons. The Bertz CT molecular complexity index is 540. The summed E-state index contributed by atoms with van der Waals surface area (Å²) in [7, 11) is 1.85. The normalized spacial score (nSPS) is 12.2. The van der Waals surface area contributed by atoms with Crippen LogP contribution in [0.15, 0.2) is 42.6 Å². The minimum atomic E-state index is -0.256. The smallest absolute Gasteiger partial charge is 0.146 e. The molecule has 0 aliphatic heterocycles. The van der Waals surface area contributed by atoms with E-state index in [2.05, 4.69) is 4.98 Å². The summed E-state index contributed by atoms with van der Waals surface area (Å²) in [5.74, 6) is -0.256. The topological polar surface area (TPSA) is 42.1 Å². The fourth-order valence-electron chi connectivity index (χ4n) is 2.12. The van der Waals surface area contributed by atoms with E-state index in [1.807, 2.05) is 43.1 Å². The van der Waals surface area contributed by atoms with Crippen molar-refractivity contribution in [3.63, 3.8) is 0 Å². The molecule has 0 fully saturated rings. The average Bonchev–Trinajstić information content (AvgIpc) is 2.39. The Morgan fingerprint density at radius 1 is 1.26 bits per heavy atom. The number of halogens is 1. The van der Waals surface area contributed by atoms with Crippen LogP contribution < -0.4 is 10.6 Å². The van der Waals surface area contributed by atoms with Gasteiger partial charge < -0.3 is 10.6 Å². The number of nitrogens with two attached hydrogens (primary N) is 1. The zero-order chi connectivity index (χ0) is 13.8. The van der Waals surface area contributed by atoms with Crippen LogP contribution in [-0.4, -0.2) is 12.0 Å². The van der Waals surface area contributed by atoms with Crippen LogP contribution in [0.25, 0.3) is 0 Å². The molecule has 0 aliphatic rings. The van der Waals surface area contributed by atoms with Crippen molar-refractivity contribution in [3.8, 4) is 0 Å². The van der Waals surface area contributed by atoms with E-state index in [0.29, 0.717) is 12.2 Å². The van der Waals surface area contributed by atoms with Crippen molar-refractivity contribution >= 4 is 5.69 Å². The van der Waals surface area contributed by atoms with Gasteiger partial charge in [-0.1, -0.05) is 18.2 Å². The monoisotopic (exact) mass is 259 g/mol. The second-order valence-electron chi connectivity index (χ2n) is 4.64. The first kappa shape index (κ1) is 13.5. The number of nitrogens with zero attached hydrogens (tertiary/aromatic N) is 2. The molecular formula is C15H18FN3. The van der Waals surface area contributed by atoms with E-state index in [1.54, 1.807) is 12.3 Å². The van der Waals surface area contributed by atoms with Gasteiger partial charge in [0.15, 0.2) is 0 Å². The Balaban J connectivity index is 2.31. The zero-order valence-electron chi connectivity index (χ0n) is 11.2. The maximum Gasteiger partial charge on any atom is 0.146 e. The summed E-state index contributed by atoms with van der Waals surface area (Å²) in [5, 5.41) is 0. The summed E-state index contributed by atoms with van der Waals surface area (Å²) in [6, 6.07) is 10.5. The lowest BCUT2D eigenvalue weighted by Gasteiger charge is -2.24. The van der Waals surface area contributed by atoms with E-state index < -0.39 is 0 Å². The number of anilines is 1. The van der Waals surface area contributed by atoms with E-state index in [4.69, 9.17) is 5.73 Å². The largest absolute Gasteiger partial charge is 0.366 e. The number of rotatable bonds is 4. The minimum Gasteiger partial charge on any atom is -0.366 e. The molecule has 1 atom stereocenters. The highest BCUT2D eigenvalue weighted by Crippen LogP contribution is 2.28. The van der Waals surface area contributed by atoms with Crippen molar-refractivity contribution in [2.45, 2.75) is 19.5 Å². The highest BCUT2D eigenvalue weighted by molar-refractivity contribution is 5.55. The fourth-order valence-corrected chi connectivity index (χ4v) is 2.12. The number of aromatic nitrogens is 1. The highest BCUT2D eigenvalue weighted by Gasteiger charge is 2.15. The number of benzene rings is 1. The summed E-state index contributed by atoms with van der Waals surface area (Å²) in [6.45, 7) is 2.40. The van der Waals surface area contributed by atoms with Gasteiger partial charge in [-0.3, -0.25) is 4.98 Å². The van der Waals surface area contributed by atoms with E-state index in [1.165, 1.54) is 6.07 Å². The van der Waals surface area contributed by atoms with Gasteiger partial charge in [0.2, 0.25) is 0 Å². The van der Waals surface area contributed by atoms with Gasteiger partial charge in [0, 0.05) is 19.3 Å².